The van der Waals surface area contributed by atoms with Crippen molar-refractivity contribution in [1.29, 1.82) is 0 Å². The number of piperidine rings is 1. The number of rotatable bonds is 4. The number of likely N-dealkylation sites (tertiary alicyclic amines) is 1. The van der Waals surface area contributed by atoms with Crippen molar-refractivity contribution in [3.05, 3.63) is 0 Å². The summed E-state index contributed by atoms with van der Waals surface area (Å²) in [6, 6.07) is 0. The van der Waals surface area contributed by atoms with E-state index < -0.39 is 0 Å². The summed E-state index contributed by atoms with van der Waals surface area (Å²) < 4.78 is 5.54. The van der Waals surface area contributed by atoms with Crippen LogP contribution >= 0.6 is 0 Å². The molecule has 15 heavy (non-hydrogen) atoms. The minimum atomic E-state index is -0.377. The molecule has 0 radical (unpaired) electrons. The number of nitrogens with zero attached hydrogens (tertiary/aromatic N) is 1. The largest absolute Gasteiger partial charge is 0.387 e. The zero-order chi connectivity index (χ0) is 11.3. The summed E-state index contributed by atoms with van der Waals surface area (Å²) >= 11 is 0. The summed E-state index contributed by atoms with van der Waals surface area (Å²) in [5.41, 5.74) is 0. The molecule has 1 saturated heterocycles. The van der Waals surface area contributed by atoms with Crippen LogP contribution in [0.3, 0.4) is 0 Å². The molecule has 0 aliphatic carbocycles. The Bertz CT molecular complexity index is 206. The van der Waals surface area contributed by atoms with Crippen LogP contribution in [0.1, 0.15) is 26.7 Å². The molecular formula is C11H21NO3. The number of ether oxygens (including phenoxy) is 1. The van der Waals surface area contributed by atoms with Crippen molar-refractivity contribution < 1.29 is 14.6 Å². The molecule has 1 N–H and O–H groups in total. The van der Waals surface area contributed by atoms with Gasteiger partial charge in [-0.05, 0) is 32.6 Å². The van der Waals surface area contributed by atoms with E-state index in [0.717, 1.165) is 25.9 Å². The SMILES string of the molecule is CC(C)OCC1CCCN(C(=O)CO)C1. The van der Waals surface area contributed by atoms with Gasteiger partial charge in [0, 0.05) is 13.1 Å². The summed E-state index contributed by atoms with van der Waals surface area (Å²) in [6.07, 6.45) is 2.37. The van der Waals surface area contributed by atoms with Crippen LogP contribution in [0.25, 0.3) is 0 Å². The van der Waals surface area contributed by atoms with Gasteiger partial charge in [-0.3, -0.25) is 4.79 Å². The van der Waals surface area contributed by atoms with Crippen LogP contribution in [0, 0.1) is 5.92 Å². The normalized spacial score (nSPS) is 22.1. The molecule has 1 atom stereocenters. The van der Waals surface area contributed by atoms with E-state index in [-0.39, 0.29) is 18.6 Å². The van der Waals surface area contributed by atoms with Crippen LogP contribution in [-0.2, 0) is 9.53 Å². The first kappa shape index (κ1) is 12.5. The molecule has 0 aromatic carbocycles. The third kappa shape index (κ3) is 4.18. The van der Waals surface area contributed by atoms with Gasteiger partial charge in [0.2, 0.25) is 5.91 Å². The molecule has 0 aromatic heterocycles. The lowest BCUT2D eigenvalue weighted by molar-refractivity contribution is -0.136. The zero-order valence-corrected chi connectivity index (χ0v) is 9.61. The van der Waals surface area contributed by atoms with E-state index in [9.17, 15) is 4.79 Å². The molecule has 1 unspecified atom stereocenters. The van der Waals surface area contributed by atoms with Gasteiger partial charge < -0.3 is 14.7 Å². The number of hydrogen-bond donors (Lipinski definition) is 1. The van der Waals surface area contributed by atoms with Crippen molar-refractivity contribution in [1.82, 2.24) is 4.90 Å². The monoisotopic (exact) mass is 215 g/mol. The van der Waals surface area contributed by atoms with Gasteiger partial charge in [0.1, 0.15) is 6.61 Å². The molecule has 1 rings (SSSR count). The topological polar surface area (TPSA) is 49.8 Å². The van der Waals surface area contributed by atoms with E-state index in [0.29, 0.717) is 12.5 Å². The van der Waals surface area contributed by atoms with Gasteiger partial charge in [0.05, 0.1) is 12.7 Å². The lowest BCUT2D eigenvalue weighted by Gasteiger charge is -2.32. The van der Waals surface area contributed by atoms with Crippen LogP contribution < -0.4 is 0 Å². The number of aliphatic hydroxyl groups excluding tert-OH is 1. The zero-order valence-electron chi connectivity index (χ0n) is 9.61. The molecule has 0 saturated carbocycles. The summed E-state index contributed by atoms with van der Waals surface area (Å²) in [5.74, 6) is 0.265. The predicted octanol–water partition coefficient (Wildman–Crippen LogP) is 0.642. The highest BCUT2D eigenvalue weighted by molar-refractivity contribution is 5.77. The quantitative estimate of drug-likeness (QED) is 0.749. The van der Waals surface area contributed by atoms with Crippen LogP contribution in [-0.4, -0.2) is 48.3 Å². The minimum Gasteiger partial charge on any atom is -0.387 e. The third-order valence-electron chi connectivity index (χ3n) is 2.67. The highest BCUT2D eigenvalue weighted by Crippen LogP contribution is 2.17. The molecule has 1 aliphatic rings. The van der Waals surface area contributed by atoms with E-state index in [1.807, 2.05) is 13.8 Å². The van der Waals surface area contributed by atoms with Crippen molar-refractivity contribution in [2.24, 2.45) is 5.92 Å². The first-order chi connectivity index (χ1) is 7.13. The van der Waals surface area contributed by atoms with E-state index in [1.54, 1.807) is 4.90 Å². The lowest BCUT2D eigenvalue weighted by atomic mass is 9.99. The summed E-state index contributed by atoms with van der Waals surface area (Å²) in [5, 5.41) is 8.77. The molecule has 1 heterocycles. The molecule has 1 amide bonds. The average Bonchev–Trinajstić information content (AvgIpc) is 2.25. The van der Waals surface area contributed by atoms with Crippen molar-refractivity contribution in [2.45, 2.75) is 32.8 Å². The Kier molecular flexibility index (Phi) is 5.05. The number of hydrogen-bond acceptors (Lipinski definition) is 3. The van der Waals surface area contributed by atoms with E-state index >= 15 is 0 Å². The second kappa shape index (κ2) is 6.08. The average molecular weight is 215 g/mol. The van der Waals surface area contributed by atoms with Gasteiger partial charge in [-0.15, -0.1) is 0 Å². The maximum absolute atomic E-state index is 11.3. The van der Waals surface area contributed by atoms with Crippen LogP contribution in [0.4, 0.5) is 0 Å². The van der Waals surface area contributed by atoms with Gasteiger partial charge in [-0.2, -0.15) is 0 Å². The second-order valence-corrected chi connectivity index (χ2v) is 4.39. The summed E-state index contributed by atoms with van der Waals surface area (Å²) in [4.78, 5) is 13.0. The van der Waals surface area contributed by atoms with Gasteiger partial charge in [-0.1, -0.05) is 0 Å². The Balaban J connectivity index is 2.32. The minimum absolute atomic E-state index is 0.163. The lowest BCUT2D eigenvalue weighted by Crippen LogP contribution is -2.42. The molecule has 1 fully saturated rings. The van der Waals surface area contributed by atoms with Gasteiger partial charge >= 0.3 is 0 Å². The second-order valence-electron chi connectivity index (χ2n) is 4.39. The summed E-state index contributed by atoms with van der Waals surface area (Å²) in [7, 11) is 0. The fraction of sp³-hybridized carbons (Fsp3) is 0.909. The number of amides is 1. The Morgan fingerprint density at radius 3 is 2.93 bits per heavy atom. The standard InChI is InChI=1S/C11H21NO3/c1-9(2)15-8-10-4-3-5-12(6-10)11(14)7-13/h9-10,13H,3-8H2,1-2H3. The smallest absolute Gasteiger partial charge is 0.248 e. The Labute approximate surface area is 91.2 Å². The Morgan fingerprint density at radius 1 is 1.60 bits per heavy atom. The van der Waals surface area contributed by atoms with Crippen molar-refractivity contribution >= 4 is 5.91 Å². The molecular weight excluding hydrogens is 194 g/mol. The van der Waals surface area contributed by atoms with Crippen molar-refractivity contribution in [2.75, 3.05) is 26.3 Å². The molecule has 0 aromatic rings. The Morgan fingerprint density at radius 2 is 2.33 bits per heavy atom. The van der Waals surface area contributed by atoms with Crippen LogP contribution in [0.2, 0.25) is 0 Å². The molecule has 4 nitrogen and oxygen atoms in total. The first-order valence-corrected chi connectivity index (χ1v) is 5.63. The fourth-order valence-electron chi connectivity index (χ4n) is 1.86. The maximum atomic E-state index is 11.3. The van der Waals surface area contributed by atoms with Crippen molar-refractivity contribution in [3.63, 3.8) is 0 Å². The van der Waals surface area contributed by atoms with Crippen molar-refractivity contribution in [3.8, 4) is 0 Å². The number of carbonyl (C=O) groups is 1. The highest BCUT2D eigenvalue weighted by Gasteiger charge is 2.23. The van der Waals surface area contributed by atoms with E-state index in [1.165, 1.54) is 0 Å². The molecule has 1 aliphatic heterocycles. The van der Waals surface area contributed by atoms with Crippen LogP contribution in [0.5, 0.6) is 0 Å². The summed E-state index contributed by atoms with van der Waals surface area (Å²) in [6.45, 7) is 5.87. The first-order valence-electron chi connectivity index (χ1n) is 5.63. The Hall–Kier alpha value is -0.610. The highest BCUT2D eigenvalue weighted by atomic mass is 16.5. The van der Waals surface area contributed by atoms with Crippen LogP contribution in [0.15, 0.2) is 0 Å². The predicted molar refractivity (Wildman–Crippen MR) is 57.5 cm³/mol. The maximum Gasteiger partial charge on any atom is 0.248 e. The van der Waals surface area contributed by atoms with E-state index in [4.69, 9.17) is 9.84 Å². The molecule has 0 spiro atoms. The van der Waals surface area contributed by atoms with Gasteiger partial charge in [-0.25, -0.2) is 0 Å². The van der Waals surface area contributed by atoms with Gasteiger partial charge in [0.25, 0.3) is 0 Å². The molecule has 0 bridgehead atoms. The number of carbonyl (C=O) groups excluding carboxylic acids is 1. The molecule has 88 valence electrons. The fourth-order valence-corrected chi connectivity index (χ4v) is 1.86. The van der Waals surface area contributed by atoms with Gasteiger partial charge in [0.15, 0.2) is 0 Å². The van der Waals surface area contributed by atoms with E-state index in [2.05, 4.69) is 0 Å². The molecule has 4 heteroatoms. The number of aliphatic hydroxyl groups is 1. The third-order valence-corrected chi connectivity index (χ3v) is 2.67.